The topological polar surface area (TPSA) is 27.8 Å². The molecule has 0 saturated heterocycles. The number of aryl methyl sites for hydroxylation is 2. The minimum absolute atomic E-state index is 0.636. The SMILES string of the molecule is CNC1CC1c1cc2cc(C)cc(-c3cccc(C)c3)c2[nH]1. The van der Waals surface area contributed by atoms with Crippen molar-refractivity contribution in [3.05, 3.63) is 59.3 Å². The van der Waals surface area contributed by atoms with E-state index < -0.39 is 0 Å². The molecule has 2 unspecified atom stereocenters. The maximum absolute atomic E-state index is 3.70. The third kappa shape index (κ3) is 2.24. The highest BCUT2D eigenvalue weighted by Crippen LogP contribution is 2.42. The predicted octanol–water partition coefficient (Wildman–Crippen LogP) is 4.53. The maximum Gasteiger partial charge on any atom is 0.0536 e. The van der Waals surface area contributed by atoms with E-state index in [1.54, 1.807) is 0 Å². The summed E-state index contributed by atoms with van der Waals surface area (Å²) < 4.78 is 0. The summed E-state index contributed by atoms with van der Waals surface area (Å²) in [6.07, 6.45) is 1.24. The summed E-state index contributed by atoms with van der Waals surface area (Å²) in [6, 6.07) is 16.3. The maximum atomic E-state index is 3.70. The van der Waals surface area contributed by atoms with E-state index in [2.05, 4.69) is 73.7 Å². The van der Waals surface area contributed by atoms with Crippen LogP contribution >= 0.6 is 0 Å². The Hall–Kier alpha value is -2.06. The Kier molecular flexibility index (Phi) is 3.08. The summed E-state index contributed by atoms with van der Waals surface area (Å²) in [4.78, 5) is 3.70. The molecule has 2 heteroatoms. The molecule has 2 atom stereocenters. The first-order chi connectivity index (χ1) is 10.7. The molecule has 0 aliphatic heterocycles. The van der Waals surface area contributed by atoms with E-state index in [0.29, 0.717) is 12.0 Å². The quantitative estimate of drug-likeness (QED) is 0.729. The third-order valence-electron chi connectivity index (χ3n) is 4.78. The molecular weight excluding hydrogens is 268 g/mol. The van der Waals surface area contributed by atoms with Crippen LogP contribution in [0.4, 0.5) is 0 Å². The number of rotatable bonds is 3. The highest BCUT2D eigenvalue weighted by molar-refractivity contribution is 5.95. The van der Waals surface area contributed by atoms with Gasteiger partial charge in [-0.2, -0.15) is 0 Å². The summed E-state index contributed by atoms with van der Waals surface area (Å²) in [5, 5.41) is 4.70. The summed E-state index contributed by atoms with van der Waals surface area (Å²) in [6.45, 7) is 4.33. The van der Waals surface area contributed by atoms with Gasteiger partial charge in [0.15, 0.2) is 0 Å². The average molecular weight is 290 g/mol. The van der Waals surface area contributed by atoms with E-state index in [9.17, 15) is 0 Å². The van der Waals surface area contributed by atoms with Gasteiger partial charge in [-0.1, -0.05) is 29.8 Å². The Morgan fingerprint density at radius 3 is 2.64 bits per heavy atom. The molecule has 0 bridgehead atoms. The highest BCUT2D eigenvalue weighted by atomic mass is 14.9. The van der Waals surface area contributed by atoms with Crippen LogP contribution in [0.2, 0.25) is 0 Å². The van der Waals surface area contributed by atoms with Crippen molar-refractivity contribution in [1.29, 1.82) is 0 Å². The van der Waals surface area contributed by atoms with E-state index in [1.807, 2.05) is 0 Å². The monoisotopic (exact) mass is 290 g/mol. The van der Waals surface area contributed by atoms with Crippen molar-refractivity contribution >= 4 is 10.9 Å². The fraction of sp³-hybridized carbons (Fsp3) is 0.300. The summed E-state index contributed by atoms with van der Waals surface area (Å²) in [5.41, 5.74) is 7.86. The molecular formula is C20H22N2. The van der Waals surface area contributed by atoms with Crippen molar-refractivity contribution in [2.45, 2.75) is 32.2 Å². The molecule has 22 heavy (non-hydrogen) atoms. The number of hydrogen-bond donors (Lipinski definition) is 2. The lowest BCUT2D eigenvalue weighted by Gasteiger charge is -2.07. The summed E-state index contributed by atoms with van der Waals surface area (Å²) in [5.74, 6) is 0.642. The Balaban J connectivity index is 1.87. The van der Waals surface area contributed by atoms with Crippen LogP contribution in [0.1, 0.15) is 29.2 Å². The minimum atomic E-state index is 0.636. The molecule has 2 aromatic carbocycles. The van der Waals surface area contributed by atoms with Gasteiger partial charge in [0.2, 0.25) is 0 Å². The van der Waals surface area contributed by atoms with Crippen LogP contribution in [0.5, 0.6) is 0 Å². The molecule has 1 aromatic heterocycles. The minimum Gasteiger partial charge on any atom is -0.358 e. The molecule has 0 radical (unpaired) electrons. The second kappa shape index (κ2) is 4.99. The molecule has 1 fully saturated rings. The van der Waals surface area contributed by atoms with Gasteiger partial charge in [-0.05, 0) is 56.6 Å². The number of aromatic amines is 1. The molecule has 3 aromatic rings. The molecule has 112 valence electrons. The second-order valence-corrected chi connectivity index (χ2v) is 6.61. The zero-order valence-corrected chi connectivity index (χ0v) is 13.4. The second-order valence-electron chi connectivity index (χ2n) is 6.61. The first-order valence-electron chi connectivity index (χ1n) is 8.03. The first-order valence-corrected chi connectivity index (χ1v) is 8.03. The number of hydrogen-bond acceptors (Lipinski definition) is 1. The number of fused-ring (bicyclic) bond motifs is 1. The van der Waals surface area contributed by atoms with Gasteiger partial charge in [-0.15, -0.1) is 0 Å². The number of aromatic nitrogens is 1. The van der Waals surface area contributed by atoms with Crippen LogP contribution in [0, 0.1) is 13.8 Å². The van der Waals surface area contributed by atoms with Crippen LogP contribution in [-0.4, -0.2) is 18.1 Å². The fourth-order valence-corrected chi connectivity index (χ4v) is 3.51. The Morgan fingerprint density at radius 1 is 1.05 bits per heavy atom. The van der Waals surface area contributed by atoms with Gasteiger partial charge < -0.3 is 10.3 Å². The molecule has 0 amide bonds. The lowest BCUT2D eigenvalue weighted by Crippen LogP contribution is -2.10. The normalized spacial score (nSPS) is 20.5. The van der Waals surface area contributed by atoms with Crippen LogP contribution in [-0.2, 0) is 0 Å². The number of likely N-dealkylation sites (N-methyl/N-ethyl adjacent to an activating group) is 1. The standard InChI is InChI=1S/C20H22N2/c1-12-5-4-6-14(7-12)16-9-13(2)8-15-10-19(22-20(15)16)17-11-18(17)21-3/h4-10,17-18,21-22H,11H2,1-3H3. The predicted molar refractivity (Wildman–Crippen MR) is 93.4 cm³/mol. The van der Waals surface area contributed by atoms with Gasteiger partial charge in [0.1, 0.15) is 0 Å². The lowest BCUT2D eigenvalue weighted by atomic mass is 9.99. The smallest absolute Gasteiger partial charge is 0.0536 e. The third-order valence-corrected chi connectivity index (χ3v) is 4.78. The molecule has 2 N–H and O–H groups in total. The van der Waals surface area contributed by atoms with Crippen LogP contribution in [0.15, 0.2) is 42.5 Å². The van der Waals surface area contributed by atoms with Gasteiger partial charge >= 0.3 is 0 Å². The van der Waals surface area contributed by atoms with E-state index in [-0.39, 0.29) is 0 Å². The van der Waals surface area contributed by atoms with E-state index in [1.165, 1.54) is 45.3 Å². The largest absolute Gasteiger partial charge is 0.358 e. The van der Waals surface area contributed by atoms with Crippen molar-refractivity contribution in [3.63, 3.8) is 0 Å². The fourth-order valence-electron chi connectivity index (χ4n) is 3.51. The Bertz CT molecular complexity index is 844. The molecule has 4 rings (SSSR count). The average Bonchev–Trinajstić information content (AvgIpc) is 3.18. The van der Waals surface area contributed by atoms with E-state index in [4.69, 9.17) is 0 Å². The molecule has 1 saturated carbocycles. The number of H-pyrrole nitrogens is 1. The summed E-state index contributed by atoms with van der Waals surface area (Å²) in [7, 11) is 2.05. The van der Waals surface area contributed by atoms with Gasteiger partial charge in [0, 0.05) is 28.6 Å². The van der Waals surface area contributed by atoms with Crippen molar-refractivity contribution in [2.75, 3.05) is 7.05 Å². The molecule has 1 aliphatic carbocycles. The van der Waals surface area contributed by atoms with Gasteiger partial charge in [0.25, 0.3) is 0 Å². The highest BCUT2D eigenvalue weighted by Gasteiger charge is 2.38. The lowest BCUT2D eigenvalue weighted by molar-refractivity contribution is 0.778. The van der Waals surface area contributed by atoms with Crippen molar-refractivity contribution in [1.82, 2.24) is 10.3 Å². The van der Waals surface area contributed by atoms with Crippen molar-refractivity contribution in [3.8, 4) is 11.1 Å². The first kappa shape index (κ1) is 13.6. The summed E-state index contributed by atoms with van der Waals surface area (Å²) >= 11 is 0. The van der Waals surface area contributed by atoms with Gasteiger partial charge in [0.05, 0.1) is 5.52 Å². The van der Waals surface area contributed by atoms with E-state index in [0.717, 1.165) is 0 Å². The van der Waals surface area contributed by atoms with Crippen LogP contribution in [0.3, 0.4) is 0 Å². The Morgan fingerprint density at radius 2 is 1.91 bits per heavy atom. The number of nitrogens with one attached hydrogen (secondary N) is 2. The zero-order valence-electron chi connectivity index (χ0n) is 13.4. The van der Waals surface area contributed by atoms with Gasteiger partial charge in [-0.25, -0.2) is 0 Å². The van der Waals surface area contributed by atoms with Gasteiger partial charge in [-0.3, -0.25) is 0 Å². The zero-order chi connectivity index (χ0) is 15.3. The van der Waals surface area contributed by atoms with Crippen LogP contribution < -0.4 is 5.32 Å². The molecule has 2 nitrogen and oxygen atoms in total. The van der Waals surface area contributed by atoms with Crippen molar-refractivity contribution in [2.24, 2.45) is 0 Å². The molecule has 1 heterocycles. The number of benzene rings is 2. The molecule has 1 aliphatic rings. The van der Waals surface area contributed by atoms with Crippen molar-refractivity contribution < 1.29 is 0 Å². The van der Waals surface area contributed by atoms with Crippen LogP contribution in [0.25, 0.3) is 22.0 Å². The van der Waals surface area contributed by atoms with E-state index >= 15 is 0 Å². The molecule has 0 spiro atoms. The Labute approximate surface area is 131 Å².